The van der Waals surface area contributed by atoms with Gasteiger partial charge in [0, 0.05) is 31.8 Å². The zero-order chi connectivity index (χ0) is 18.4. The standard InChI is InChI=1S/C21H25FN2O2/c22-20-5-1-4-19(13-20)17-6-8-18(9-7-17)21(26)23-10-12-24-11-2-3-16(14-24)15-25/h1,4-9,13,16,25H,2-3,10-12,14-15H2,(H,23,26). The van der Waals surface area contributed by atoms with E-state index in [1.54, 1.807) is 18.2 Å². The average Bonchev–Trinajstić information content (AvgIpc) is 2.68. The monoisotopic (exact) mass is 356 g/mol. The third-order valence-corrected chi connectivity index (χ3v) is 4.88. The van der Waals surface area contributed by atoms with Crippen molar-refractivity contribution in [1.82, 2.24) is 10.2 Å². The van der Waals surface area contributed by atoms with Gasteiger partial charge < -0.3 is 15.3 Å². The van der Waals surface area contributed by atoms with Gasteiger partial charge in [-0.1, -0.05) is 24.3 Å². The van der Waals surface area contributed by atoms with E-state index in [4.69, 9.17) is 0 Å². The van der Waals surface area contributed by atoms with Crippen molar-refractivity contribution in [1.29, 1.82) is 0 Å². The van der Waals surface area contributed by atoms with Gasteiger partial charge in [0.15, 0.2) is 0 Å². The van der Waals surface area contributed by atoms with E-state index in [1.165, 1.54) is 12.1 Å². The van der Waals surface area contributed by atoms with Gasteiger partial charge >= 0.3 is 0 Å². The number of hydrogen-bond donors (Lipinski definition) is 2. The Labute approximate surface area is 153 Å². The van der Waals surface area contributed by atoms with E-state index in [0.717, 1.165) is 43.6 Å². The fourth-order valence-electron chi connectivity index (χ4n) is 3.42. The molecule has 138 valence electrons. The minimum absolute atomic E-state index is 0.105. The van der Waals surface area contributed by atoms with Crippen LogP contribution in [0.2, 0.25) is 0 Å². The van der Waals surface area contributed by atoms with Crippen LogP contribution in [0, 0.1) is 11.7 Å². The maximum Gasteiger partial charge on any atom is 0.251 e. The summed E-state index contributed by atoms with van der Waals surface area (Å²) in [5.41, 5.74) is 2.27. The van der Waals surface area contributed by atoms with Crippen LogP contribution in [0.4, 0.5) is 4.39 Å². The minimum atomic E-state index is -0.273. The van der Waals surface area contributed by atoms with Crippen molar-refractivity contribution in [3.63, 3.8) is 0 Å². The molecule has 1 heterocycles. The molecule has 0 bridgehead atoms. The second kappa shape index (κ2) is 8.92. The number of nitrogens with one attached hydrogen (secondary N) is 1. The van der Waals surface area contributed by atoms with Crippen LogP contribution in [0.3, 0.4) is 0 Å². The highest BCUT2D eigenvalue weighted by atomic mass is 19.1. The number of aliphatic hydroxyl groups excluding tert-OH is 1. The number of halogens is 1. The quantitative estimate of drug-likeness (QED) is 0.837. The highest BCUT2D eigenvalue weighted by Gasteiger charge is 2.18. The molecule has 1 unspecified atom stereocenters. The maximum absolute atomic E-state index is 13.3. The van der Waals surface area contributed by atoms with Gasteiger partial charge in [-0.3, -0.25) is 4.79 Å². The van der Waals surface area contributed by atoms with Crippen molar-refractivity contribution in [3.8, 4) is 11.1 Å². The van der Waals surface area contributed by atoms with E-state index in [1.807, 2.05) is 18.2 Å². The van der Waals surface area contributed by atoms with E-state index >= 15 is 0 Å². The number of amides is 1. The molecule has 1 fully saturated rings. The summed E-state index contributed by atoms with van der Waals surface area (Å²) in [6, 6.07) is 13.6. The molecule has 1 amide bonds. The van der Waals surface area contributed by atoms with Crippen LogP contribution in [0.1, 0.15) is 23.2 Å². The number of carbonyl (C=O) groups excluding carboxylic acids is 1. The number of likely N-dealkylation sites (tertiary alicyclic amines) is 1. The Morgan fingerprint density at radius 1 is 1.19 bits per heavy atom. The molecular formula is C21H25FN2O2. The number of piperidine rings is 1. The van der Waals surface area contributed by atoms with Crippen molar-refractivity contribution in [2.24, 2.45) is 5.92 Å². The molecule has 1 saturated heterocycles. The third-order valence-electron chi connectivity index (χ3n) is 4.88. The van der Waals surface area contributed by atoms with Crippen LogP contribution < -0.4 is 5.32 Å². The molecule has 0 saturated carbocycles. The Morgan fingerprint density at radius 3 is 2.73 bits per heavy atom. The first-order valence-electron chi connectivity index (χ1n) is 9.13. The van der Waals surface area contributed by atoms with Crippen molar-refractivity contribution in [2.45, 2.75) is 12.8 Å². The van der Waals surface area contributed by atoms with E-state index in [-0.39, 0.29) is 18.3 Å². The molecule has 0 aliphatic carbocycles. The van der Waals surface area contributed by atoms with Gasteiger partial charge in [0.05, 0.1) is 0 Å². The normalized spacial score (nSPS) is 17.8. The van der Waals surface area contributed by atoms with Gasteiger partial charge in [0.2, 0.25) is 0 Å². The number of carbonyl (C=O) groups is 1. The van der Waals surface area contributed by atoms with E-state index < -0.39 is 0 Å². The van der Waals surface area contributed by atoms with Gasteiger partial charge in [0.1, 0.15) is 5.82 Å². The molecule has 3 rings (SSSR count). The molecule has 1 atom stereocenters. The molecule has 1 aliphatic heterocycles. The summed E-state index contributed by atoms with van der Waals surface area (Å²) in [7, 11) is 0. The van der Waals surface area contributed by atoms with E-state index in [0.29, 0.717) is 18.0 Å². The molecule has 4 nitrogen and oxygen atoms in total. The number of hydrogen-bond acceptors (Lipinski definition) is 3. The molecule has 5 heteroatoms. The lowest BCUT2D eigenvalue weighted by atomic mass is 9.99. The fraction of sp³-hybridized carbons (Fsp3) is 0.381. The highest BCUT2D eigenvalue weighted by molar-refractivity contribution is 5.94. The lowest BCUT2D eigenvalue weighted by molar-refractivity contribution is 0.0930. The van der Waals surface area contributed by atoms with Crippen molar-refractivity contribution < 1.29 is 14.3 Å². The molecule has 0 spiro atoms. The second-order valence-electron chi connectivity index (χ2n) is 6.84. The number of nitrogens with zero attached hydrogens (tertiary/aromatic N) is 1. The first-order valence-corrected chi connectivity index (χ1v) is 9.13. The second-order valence-corrected chi connectivity index (χ2v) is 6.84. The summed E-state index contributed by atoms with van der Waals surface area (Å²) >= 11 is 0. The predicted molar refractivity (Wildman–Crippen MR) is 100 cm³/mol. The van der Waals surface area contributed by atoms with E-state index in [9.17, 15) is 14.3 Å². The van der Waals surface area contributed by atoms with Gasteiger partial charge in [0.25, 0.3) is 5.91 Å². The molecule has 26 heavy (non-hydrogen) atoms. The SMILES string of the molecule is O=C(NCCN1CCCC(CO)C1)c1ccc(-c2cccc(F)c2)cc1. The molecule has 2 N–H and O–H groups in total. The topological polar surface area (TPSA) is 52.6 Å². The van der Waals surface area contributed by atoms with Crippen molar-refractivity contribution in [2.75, 3.05) is 32.8 Å². The highest BCUT2D eigenvalue weighted by Crippen LogP contribution is 2.20. The largest absolute Gasteiger partial charge is 0.396 e. The predicted octanol–water partition coefficient (Wildman–Crippen LogP) is 2.93. The van der Waals surface area contributed by atoms with Crippen LogP contribution in [0.15, 0.2) is 48.5 Å². The summed E-state index contributed by atoms with van der Waals surface area (Å²) in [6.45, 7) is 3.54. The van der Waals surface area contributed by atoms with Crippen LogP contribution >= 0.6 is 0 Å². The van der Waals surface area contributed by atoms with Crippen LogP contribution in [0.25, 0.3) is 11.1 Å². The number of benzene rings is 2. The Balaban J connectivity index is 1.50. The van der Waals surface area contributed by atoms with Crippen LogP contribution in [-0.2, 0) is 0 Å². The Bertz CT molecular complexity index is 733. The Morgan fingerprint density at radius 2 is 2.00 bits per heavy atom. The Kier molecular flexibility index (Phi) is 6.36. The molecule has 0 radical (unpaired) electrons. The Hall–Kier alpha value is -2.24. The zero-order valence-electron chi connectivity index (χ0n) is 14.8. The van der Waals surface area contributed by atoms with Gasteiger partial charge in [-0.05, 0) is 60.7 Å². The summed E-state index contributed by atoms with van der Waals surface area (Å²) in [5, 5.41) is 12.2. The lowest BCUT2D eigenvalue weighted by Crippen LogP contribution is -2.41. The minimum Gasteiger partial charge on any atom is -0.396 e. The summed E-state index contributed by atoms with van der Waals surface area (Å²) < 4.78 is 13.3. The fourth-order valence-corrected chi connectivity index (χ4v) is 3.42. The van der Waals surface area contributed by atoms with Crippen LogP contribution in [-0.4, -0.2) is 48.7 Å². The third kappa shape index (κ3) is 4.90. The maximum atomic E-state index is 13.3. The first-order chi connectivity index (χ1) is 12.7. The van der Waals surface area contributed by atoms with E-state index in [2.05, 4.69) is 10.2 Å². The summed E-state index contributed by atoms with van der Waals surface area (Å²) in [6.07, 6.45) is 2.18. The van der Waals surface area contributed by atoms with Crippen molar-refractivity contribution >= 4 is 5.91 Å². The number of rotatable bonds is 6. The zero-order valence-corrected chi connectivity index (χ0v) is 14.8. The van der Waals surface area contributed by atoms with Gasteiger partial charge in [-0.25, -0.2) is 4.39 Å². The molecule has 0 aromatic heterocycles. The molecular weight excluding hydrogens is 331 g/mol. The molecule has 1 aliphatic rings. The molecule has 2 aromatic carbocycles. The van der Waals surface area contributed by atoms with Crippen LogP contribution in [0.5, 0.6) is 0 Å². The number of aliphatic hydroxyl groups is 1. The first kappa shape index (κ1) is 18.5. The van der Waals surface area contributed by atoms with Crippen molar-refractivity contribution in [3.05, 3.63) is 59.9 Å². The smallest absolute Gasteiger partial charge is 0.251 e. The van der Waals surface area contributed by atoms with Gasteiger partial charge in [-0.2, -0.15) is 0 Å². The summed E-state index contributed by atoms with van der Waals surface area (Å²) in [5.74, 6) is -0.0215. The van der Waals surface area contributed by atoms with Gasteiger partial charge in [-0.15, -0.1) is 0 Å². The summed E-state index contributed by atoms with van der Waals surface area (Å²) in [4.78, 5) is 14.6. The molecule has 2 aromatic rings. The lowest BCUT2D eigenvalue weighted by Gasteiger charge is -2.31. The average molecular weight is 356 g/mol.